The molecule has 1 aromatic carbocycles. The van der Waals surface area contributed by atoms with Crippen molar-refractivity contribution in [1.82, 2.24) is 9.88 Å². The van der Waals surface area contributed by atoms with Gasteiger partial charge in [0.25, 0.3) is 5.91 Å². The average Bonchev–Trinajstić information content (AvgIpc) is 2.53. The minimum Gasteiger partial charge on any atom is -0.481 e. The van der Waals surface area contributed by atoms with Gasteiger partial charge in [-0.25, -0.2) is 0 Å². The van der Waals surface area contributed by atoms with Crippen LogP contribution in [0.5, 0.6) is 0 Å². The first-order chi connectivity index (χ1) is 11.1. The topological polar surface area (TPSA) is 79.7 Å². The van der Waals surface area contributed by atoms with Crippen molar-refractivity contribution in [3.05, 3.63) is 41.6 Å². The molecule has 1 fully saturated rings. The Labute approximate surface area is 133 Å². The first kappa shape index (κ1) is 15.4. The smallest absolute Gasteiger partial charge is 0.305 e. The predicted octanol–water partition coefficient (Wildman–Crippen LogP) is 1.86. The number of morpholine rings is 1. The molecule has 0 aliphatic carbocycles. The number of benzene rings is 1. The van der Waals surface area contributed by atoms with Gasteiger partial charge in [-0.1, -0.05) is 18.2 Å². The number of ether oxygens (including phenoxy) is 1. The van der Waals surface area contributed by atoms with Crippen molar-refractivity contribution >= 4 is 22.8 Å². The molecule has 0 spiro atoms. The number of amides is 1. The van der Waals surface area contributed by atoms with E-state index in [0.717, 1.165) is 16.6 Å². The monoisotopic (exact) mass is 314 g/mol. The van der Waals surface area contributed by atoms with Crippen LogP contribution in [0.25, 0.3) is 10.9 Å². The van der Waals surface area contributed by atoms with Gasteiger partial charge in [-0.05, 0) is 19.1 Å². The maximum atomic E-state index is 13.0. The van der Waals surface area contributed by atoms with E-state index in [4.69, 9.17) is 9.84 Å². The van der Waals surface area contributed by atoms with Crippen LogP contribution in [0.15, 0.2) is 30.3 Å². The summed E-state index contributed by atoms with van der Waals surface area (Å²) in [7, 11) is 0. The van der Waals surface area contributed by atoms with E-state index in [1.54, 1.807) is 11.0 Å². The Morgan fingerprint density at radius 3 is 2.96 bits per heavy atom. The number of carbonyl (C=O) groups excluding carboxylic acids is 1. The number of pyridine rings is 1. The number of hydrogen-bond acceptors (Lipinski definition) is 4. The standard InChI is InChI=1S/C17H18N2O4/c1-11-8-14(13-4-2-3-5-15(13)18-11)17(22)19-6-7-23-10-12(19)9-16(20)21/h2-5,8,12H,6-7,9-10H2,1H3,(H,20,21). The molecule has 1 aromatic heterocycles. The molecule has 2 aromatic rings. The van der Waals surface area contributed by atoms with Gasteiger partial charge in [0.05, 0.1) is 36.8 Å². The number of aliphatic carboxylic acids is 1. The van der Waals surface area contributed by atoms with Gasteiger partial charge in [-0.3, -0.25) is 14.6 Å². The van der Waals surface area contributed by atoms with Crippen molar-refractivity contribution in [1.29, 1.82) is 0 Å². The van der Waals surface area contributed by atoms with E-state index >= 15 is 0 Å². The summed E-state index contributed by atoms with van der Waals surface area (Å²) < 4.78 is 5.34. The molecule has 1 aliphatic rings. The summed E-state index contributed by atoms with van der Waals surface area (Å²) in [6.45, 7) is 2.91. The summed E-state index contributed by atoms with van der Waals surface area (Å²) in [5.74, 6) is -1.10. The van der Waals surface area contributed by atoms with Crippen molar-refractivity contribution in [3.63, 3.8) is 0 Å². The van der Waals surface area contributed by atoms with E-state index in [0.29, 0.717) is 18.7 Å². The highest BCUT2D eigenvalue weighted by atomic mass is 16.5. The third kappa shape index (κ3) is 3.17. The number of nitrogens with zero attached hydrogens (tertiary/aromatic N) is 2. The van der Waals surface area contributed by atoms with Crippen molar-refractivity contribution in [3.8, 4) is 0 Å². The van der Waals surface area contributed by atoms with Crippen molar-refractivity contribution < 1.29 is 19.4 Å². The van der Waals surface area contributed by atoms with Crippen LogP contribution in [-0.4, -0.2) is 52.7 Å². The second kappa shape index (κ2) is 6.34. The van der Waals surface area contributed by atoms with Crippen LogP contribution < -0.4 is 0 Å². The third-order valence-corrected chi connectivity index (χ3v) is 3.97. The number of para-hydroxylation sites is 1. The van der Waals surface area contributed by atoms with E-state index in [-0.39, 0.29) is 18.9 Å². The third-order valence-electron chi connectivity index (χ3n) is 3.97. The van der Waals surface area contributed by atoms with Gasteiger partial charge >= 0.3 is 5.97 Å². The highest BCUT2D eigenvalue weighted by Gasteiger charge is 2.30. The van der Waals surface area contributed by atoms with Crippen molar-refractivity contribution in [2.75, 3.05) is 19.8 Å². The zero-order chi connectivity index (χ0) is 16.4. The van der Waals surface area contributed by atoms with Crippen LogP contribution in [0, 0.1) is 6.92 Å². The largest absolute Gasteiger partial charge is 0.481 e. The van der Waals surface area contributed by atoms with Gasteiger partial charge in [0.15, 0.2) is 0 Å². The van der Waals surface area contributed by atoms with E-state index in [1.165, 1.54) is 0 Å². The summed E-state index contributed by atoms with van der Waals surface area (Å²) in [6.07, 6.45) is -0.117. The fourth-order valence-electron chi connectivity index (χ4n) is 2.93. The lowest BCUT2D eigenvalue weighted by atomic mass is 10.0. The minimum atomic E-state index is -0.936. The highest BCUT2D eigenvalue weighted by Crippen LogP contribution is 2.22. The summed E-state index contributed by atoms with van der Waals surface area (Å²) in [4.78, 5) is 30.1. The Morgan fingerprint density at radius 1 is 1.39 bits per heavy atom. The molecule has 23 heavy (non-hydrogen) atoms. The Hall–Kier alpha value is -2.47. The second-order valence-electron chi connectivity index (χ2n) is 5.65. The fraction of sp³-hybridized carbons (Fsp3) is 0.353. The highest BCUT2D eigenvalue weighted by molar-refractivity contribution is 6.06. The summed E-state index contributed by atoms with van der Waals surface area (Å²) >= 11 is 0. The van der Waals surface area contributed by atoms with Crippen LogP contribution in [0.2, 0.25) is 0 Å². The summed E-state index contributed by atoms with van der Waals surface area (Å²) in [5.41, 5.74) is 2.08. The van der Waals surface area contributed by atoms with Crippen LogP contribution in [0.1, 0.15) is 22.5 Å². The number of carboxylic acid groups (broad SMARTS) is 1. The lowest BCUT2D eigenvalue weighted by Crippen LogP contribution is -2.49. The first-order valence-corrected chi connectivity index (χ1v) is 7.53. The van der Waals surface area contributed by atoms with Gasteiger partial charge in [0, 0.05) is 17.6 Å². The number of rotatable bonds is 3. The lowest BCUT2D eigenvalue weighted by molar-refractivity contribution is -0.139. The Bertz CT molecular complexity index is 759. The normalized spacial score (nSPS) is 18.1. The van der Waals surface area contributed by atoms with Gasteiger partial charge in [-0.2, -0.15) is 0 Å². The number of carbonyl (C=O) groups is 2. The number of aryl methyl sites for hydroxylation is 1. The van der Waals surface area contributed by atoms with Gasteiger partial charge in [-0.15, -0.1) is 0 Å². The summed E-state index contributed by atoms with van der Waals surface area (Å²) in [6, 6.07) is 8.79. The quantitative estimate of drug-likeness (QED) is 0.935. The summed E-state index contributed by atoms with van der Waals surface area (Å²) in [5, 5.41) is 9.83. The average molecular weight is 314 g/mol. The maximum absolute atomic E-state index is 13.0. The molecular weight excluding hydrogens is 296 g/mol. The molecule has 1 amide bonds. The van der Waals surface area contributed by atoms with E-state index < -0.39 is 12.0 Å². The molecule has 1 unspecified atom stereocenters. The zero-order valence-corrected chi connectivity index (χ0v) is 12.9. The molecule has 1 aliphatic heterocycles. The van der Waals surface area contributed by atoms with E-state index in [1.807, 2.05) is 31.2 Å². The van der Waals surface area contributed by atoms with E-state index in [2.05, 4.69) is 4.98 Å². The van der Waals surface area contributed by atoms with Crippen molar-refractivity contribution in [2.45, 2.75) is 19.4 Å². The SMILES string of the molecule is Cc1cc(C(=O)N2CCOCC2CC(=O)O)c2ccccc2n1. The molecule has 3 rings (SSSR count). The second-order valence-corrected chi connectivity index (χ2v) is 5.65. The van der Waals surface area contributed by atoms with Crippen LogP contribution in [0.4, 0.5) is 0 Å². The molecule has 6 heteroatoms. The van der Waals surface area contributed by atoms with Crippen LogP contribution >= 0.6 is 0 Å². The molecule has 0 saturated carbocycles. The van der Waals surface area contributed by atoms with Gasteiger partial charge in [0.1, 0.15) is 0 Å². The minimum absolute atomic E-state index is 0.117. The number of carboxylic acids is 1. The van der Waals surface area contributed by atoms with Crippen molar-refractivity contribution in [2.24, 2.45) is 0 Å². The molecule has 2 heterocycles. The number of fused-ring (bicyclic) bond motifs is 1. The van der Waals surface area contributed by atoms with Crippen LogP contribution in [-0.2, 0) is 9.53 Å². The number of aromatic nitrogens is 1. The zero-order valence-electron chi connectivity index (χ0n) is 12.9. The van der Waals surface area contributed by atoms with Gasteiger partial charge < -0.3 is 14.7 Å². The molecule has 1 N–H and O–H groups in total. The Morgan fingerprint density at radius 2 is 2.17 bits per heavy atom. The predicted molar refractivity (Wildman–Crippen MR) is 84.4 cm³/mol. The van der Waals surface area contributed by atoms with Gasteiger partial charge in [0.2, 0.25) is 0 Å². The Kier molecular flexibility index (Phi) is 4.25. The van der Waals surface area contributed by atoms with E-state index in [9.17, 15) is 9.59 Å². The maximum Gasteiger partial charge on any atom is 0.305 e. The van der Waals surface area contributed by atoms with Crippen LogP contribution in [0.3, 0.4) is 0 Å². The Balaban J connectivity index is 2.00. The first-order valence-electron chi connectivity index (χ1n) is 7.53. The molecule has 120 valence electrons. The fourth-order valence-corrected chi connectivity index (χ4v) is 2.93. The molecular formula is C17H18N2O4. The molecule has 0 radical (unpaired) electrons. The molecule has 6 nitrogen and oxygen atoms in total. The molecule has 1 saturated heterocycles. The molecule has 1 atom stereocenters. The lowest BCUT2D eigenvalue weighted by Gasteiger charge is -2.35. The number of hydrogen-bond donors (Lipinski definition) is 1. The molecule has 0 bridgehead atoms.